The summed E-state index contributed by atoms with van der Waals surface area (Å²) in [5.41, 5.74) is 7.01. The minimum Gasteiger partial charge on any atom is -0.496 e. The number of likely N-dealkylation sites (N-methyl/N-ethyl adjacent to an activating group) is 1. The molecule has 2 N–H and O–H groups in total. The van der Waals surface area contributed by atoms with E-state index in [-0.39, 0.29) is 24.2 Å². The molecule has 0 bridgehead atoms. The average Bonchev–Trinajstić information content (AvgIpc) is 2.54. The van der Waals surface area contributed by atoms with Crippen LogP contribution in [0.15, 0.2) is 18.2 Å². The summed E-state index contributed by atoms with van der Waals surface area (Å²) in [7, 11) is 3.35. The SMILES string of the molecule is COc1ccc(Cl)cc1CN(C)C(=O)C(N)C1CCOCC1.Cl. The minimum atomic E-state index is -0.487. The minimum absolute atomic E-state index is 0. The molecule has 0 aliphatic carbocycles. The zero-order valence-electron chi connectivity index (χ0n) is 13.5. The van der Waals surface area contributed by atoms with Crippen molar-refractivity contribution < 1.29 is 14.3 Å². The molecule has 1 aromatic rings. The van der Waals surface area contributed by atoms with Gasteiger partial charge in [0.25, 0.3) is 0 Å². The van der Waals surface area contributed by atoms with Crippen LogP contribution in [0.2, 0.25) is 5.02 Å². The van der Waals surface area contributed by atoms with Crippen molar-refractivity contribution in [2.24, 2.45) is 11.7 Å². The van der Waals surface area contributed by atoms with Crippen molar-refractivity contribution in [2.75, 3.05) is 27.4 Å². The molecule has 0 aromatic heterocycles. The van der Waals surface area contributed by atoms with Gasteiger partial charge in [-0.3, -0.25) is 4.79 Å². The molecule has 1 aliphatic rings. The number of hydrogen-bond acceptors (Lipinski definition) is 4. The van der Waals surface area contributed by atoms with Crippen LogP contribution in [0.4, 0.5) is 0 Å². The third kappa shape index (κ3) is 5.24. The number of carbonyl (C=O) groups excluding carboxylic acids is 1. The van der Waals surface area contributed by atoms with E-state index >= 15 is 0 Å². The predicted octanol–water partition coefficient (Wildman–Crippen LogP) is 2.48. The molecule has 2 rings (SSSR count). The van der Waals surface area contributed by atoms with Gasteiger partial charge in [-0.15, -0.1) is 12.4 Å². The lowest BCUT2D eigenvalue weighted by molar-refractivity contribution is -0.133. The van der Waals surface area contributed by atoms with E-state index in [9.17, 15) is 4.79 Å². The zero-order valence-corrected chi connectivity index (χ0v) is 15.0. The maximum absolute atomic E-state index is 12.5. The Labute approximate surface area is 148 Å². The molecule has 1 saturated heterocycles. The number of ether oxygens (including phenoxy) is 2. The number of benzene rings is 1. The van der Waals surface area contributed by atoms with Gasteiger partial charge in [-0.2, -0.15) is 0 Å². The van der Waals surface area contributed by atoms with Gasteiger partial charge in [0, 0.05) is 37.4 Å². The Morgan fingerprint density at radius 2 is 2.13 bits per heavy atom. The van der Waals surface area contributed by atoms with Gasteiger partial charge in [0.1, 0.15) is 5.75 Å². The van der Waals surface area contributed by atoms with Crippen LogP contribution < -0.4 is 10.5 Å². The Morgan fingerprint density at radius 1 is 1.48 bits per heavy atom. The molecule has 0 saturated carbocycles. The standard InChI is InChI=1S/C16H23ClN2O3.ClH/c1-19(10-12-9-13(17)3-4-14(12)21-2)16(20)15(18)11-5-7-22-8-6-11;/h3-4,9,11,15H,5-8,10,18H2,1-2H3;1H. The fraction of sp³-hybridized carbons (Fsp3) is 0.562. The summed E-state index contributed by atoms with van der Waals surface area (Å²) >= 11 is 6.02. The fourth-order valence-corrected chi connectivity index (χ4v) is 2.93. The number of halogens is 2. The van der Waals surface area contributed by atoms with Crippen LogP contribution in [0.5, 0.6) is 5.75 Å². The normalized spacial score (nSPS) is 16.3. The summed E-state index contributed by atoms with van der Waals surface area (Å²) in [5.74, 6) is 0.836. The van der Waals surface area contributed by atoms with Gasteiger partial charge in [0.15, 0.2) is 0 Å². The van der Waals surface area contributed by atoms with Crippen molar-refractivity contribution in [3.05, 3.63) is 28.8 Å². The smallest absolute Gasteiger partial charge is 0.239 e. The Balaban J connectivity index is 0.00000264. The second-order valence-electron chi connectivity index (χ2n) is 5.63. The van der Waals surface area contributed by atoms with Crippen molar-refractivity contribution >= 4 is 29.9 Å². The first-order valence-electron chi connectivity index (χ1n) is 7.43. The number of methoxy groups -OCH3 is 1. The van der Waals surface area contributed by atoms with Crippen molar-refractivity contribution in [3.8, 4) is 5.75 Å². The first-order chi connectivity index (χ1) is 10.5. The third-order valence-corrected chi connectivity index (χ3v) is 4.32. The first-order valence-corrected chi connectivity index (χ1v) is 7.81. The van der Waals surface area contributed by atoms with Crippen molar-refractivity contribution in [1.29, 1.82) is 0 Å². The highest BCUT2D eigenvalue weighted by Crippen LogP contribution is 2.25. The molecule has 5 nitrogen and oxygen atoms in total. The van der Waals surface area contributed by atoms with Crippen LogP contribution in [0, 0.1) is 5.92 Å². The monoisotopic (exact) mass is 362 g/mol. The summed E-state index contributed by atoms with van der Waals surface area (Å²) in [5, 5.41) is 0.616. The quantitative estimate of drug-likeness (QED) is 0.873. The summed E-state index contributed by atoms with van der Waals surface area (Å²) in [4.78, 5) is 14.2. The lowest BCUT2D eigenvalue weighted by atomic mass is 9.91. The van der Waals surface area contributed by atoms with E-state index in [4.69, 9.17) is 26.8 Å². The molecule has 1 unspecified atom stereocenters. The van der Waals surface area contributed by atoms with E-state index < -0.39 is 6.04 Å². The van der Waals surface area contributed by atoms with Crippen LogP contribution in [0.25, 0.3) is 0 Å². The van der Waals surface area contributed by atoms with E-state index in [1.807, 2.05) is 6.07 Å². The van der Waals surface area contributed by atoms with Gasteiger partial charge in [-0.25, -0.2) is 0 Å². The number of carbonyl (C=O) groups is 1. The molecule has 1 aliphatic heterocycles. The Kier molecular flexibility index (Phi) is 8.12. The molecule has 0 radical (unpaired) electrons. The van der Waals surface area contributed by atoms with Gasteiger partial charge in [-0.1, -0.05) is 11.6 Å². The molecule has 1 amide bonds. The highest BCUT2D eigenvalue weighted by molar-refractivity contribution is 6.30. The van der Waals surface area contributed by atoms with E-state index in [0.29, 0.717) is 30.5 Å². The Bertz CT molecular complexity index is 522. The molecule has 0 spiro atoms. The van der Waals surface area contributed by atoms with Gasteiger partial charge < -0.3 is 20.1 Å². The molecule has 1 aromatic carbocycles. The fourth-order valence-electron chi connectivity index (χ4n) is 2.74. The molecular formula is C16H24Cl2N2O3. The number of nitrogens with zero attached hydrogens (tertiary/aromatic N) is 1. The molecule has 1 heterocycles. The molecule has 1 atom stereocenters. The Hall–Kier alpha value is -1.01. The lowest BCUT2D eigenvalue weighted by Gasteiger charge is -2.30. The van der Waals surface area contributed by atoms with Crippen LogP contribution >= 0.6 is 24.0 Å². The van der Waals surface area contributed by atoms with Crippen molar-refractivity contribution in [1.82, 2.24) is 4.90 Å². The lowest BCUT2D eigenvalue weighted by Crippen LogP contribution is -2.47. The van der Waals surface area contributed by atoms with Crippen molar-refractivity contribution in [3.63, 3.8) is 0 Å². The average molecular weight is 363 g/mol. The number of nitrogens with two attached hydrogens (primary N) is 1. The maximum atomic E-state index is 12.5. The second-order valence-corrected chi connectivity index (χ2v) is 6.06. The molecule has 130 valence electrons. The first kappa shape index (κ1) is 20.0. The van der Waals surface area contributed by atoms with E-state index in [0.717, 1.165) is 18.4 Å². The van der Waals surface area contributed by atoms with E-state index in [1.54, 1.807) is 31.2 Å². The molecule has 23 heavy (non-hydrogen) atoms. The van der Waals surface area contributed by atoms with Gasteiger partial charge in [0.2, 0.25) is 5.91 Å². The maximum Gasteiger partial charge on any atom is 0.239 e. The highest BCUT2D eigenvalue weighted by atomic mass is 35.5. The third-order valence-electron chi connectivity index (χ3n) is 4.09. The second kappa shape index (κ2) is 9.33. The molecule has 1 fully saturated rings. The number of rotatable bonds is 5. The summed E-state index contributed by atoms with van der Waals surface area (Å²) in [6.45, 7) is 1.77. The van der Waals surface area contributed by atoms with Crippen LogP contribution in [-0.2, 0) is 16.1 Å². The van der Waals surface area contributed by atoms with E-state index in [1.165, 1.54) is 0 Å². The Morgan fingerprint density at radius 3 is 2.74 bits per heavy atom. The topological polar surface area (TPSA) is 64.8 Å². The van der Waals surface area contributed by atoms with Crippen LogP contribution in [0.3, 0.4) is 0 Å². The summed E-state index contributed by atoms with van der Waals surface area (Å²) < 4.78 is 10.6. The summed E-state index contributed by atoms with van der Waals surface area (Å²) in [6, 6.07) is 4.89. The number of hydrogen-bond donors (Lipinski definition) is 1. The van der Waals surface area contributed by atoms with Crippen molar-refractivity contribution in [2.45, 2.75) is 25.4 Å². The van der Waals surface area contributed by atoms with Crippen LogP contribution in [0.1, 0.15) is 18.4 Å². The highest BCUT2D eigenvalue weighted by Gasteiger charge is 2.28. The number of amides is 1. The molecular weight excluding hydrogens is 339 g/mol. The summed E-state index contributed by atoms with van der Waals surface area (Å²) in [6.07, 6.45) is 1.67. The zero-order chi connectivity index (χ0) is 16.1. The molecule has 7 heteroatoms. The van der Waals surface area contributed by atoms with Gasteiger partial charge in [0.05, 0.1) is 13.2 Å². The van der Waals surface area contributed by atoms with E-state index in [2.05, 4.69) is 0 Å². The van der Waals surface area contributed by atoms with Gasteiger partial charge >= 0.3 is 0 Å². The van der Waals surface area contributed by atoms with Gasteiger partial charge in [-0.05, 0) is 37.0 Å². The largest absolute Gasteiger partial charge is 0.496 e. The van der Waals surface area contributed by atoms with Crippen LogP contribution in [-0.4, -0.2) is 44.2 Å². The predicted molar refractivity (Wildman–Crippen MR) is 93.2 cm³/mol.